The molecule has 10 heteroatoms. The van der Waals surface area contributed by atoms with Crippen molar-refractivity contribution < 1.29 is 22.8 Å². The Morgan fingerprint density at radius 2 is 1.74 bits per heavy atom. The van der Waals surface area contributed by atoms with Crippen LogP contribution in [0.1, 0.15) is 28.8 Å². The van der Waals surface area contributed by atoms with Crippen LogP contribution in [0.4, 0.5) is 18.9 Å². The molecule has 2 saturated heterocycles. The minimum atomic E-state index is -4.49. The monoisotopic (exact) mass is 488 g/mol. The van der Waals surface area contributed by atoms with Gasteiger partial charge in [0.1, 0.15) is 0 Å². The van der Waals surface area contributed by atoms with Crippen LogP contribution in [0.5, 0.6) is 0 Å². The third kappa shape index (κ3) is 4.25. The number of halogens is 5. The topological polar surface area (TPSA) is 40.6 Å². The minimum absolute atomic E-state index is 0.191. The summed E-state index contributed by atoms with van der Waals surface area (Å²) in [6.45, 7) is 0.740. The molecule has 0 N–H and O–H groups in total. The second-order valence-electron chi connectivity index (χ2n) is 7.43. The number of carbonyl (C=O) groups excluding carboxylic acids is 2. The summed E-state index contributed by atoms with van der Waals surface area (Å²) < 4.78 is 39.5. The summed E-state index contributed by atoms with van der Waals surface area (Å²) >= 11 is 13.3. The molecule has 2 aromatic carbocycles. The van der Waals surface area contributed by atoms with E-state index >= 15 is 0 Å². The van der Waals surface area contributed by atoms with Crippen molar-refractivity contribution in [1.82, 2.24) is 4.90 Å². The summed E-state index contributed by atoms with van der Waals surface area (Å²) in [5, 5.41) is 0.641. The summed E-state index contributed by atoms with van der Waals surface area (Å²) in [5.74, 6) is -0.237. The number of amides is 2. The lowest BCUT2D eigenvalue weighted by Crippen LogP contribution is -2.53. The van der Waals surface area contributed by atoms with Crippen molar-refractivity contribution in [3.05, 3.63) is 63.6 Å². The van der Waals surface area contributed by atoms with Crippen LogP contribution in [0.2, 0.25) is 10.0 Å². The predicted molar refractivity (Wildman–Crippen MR) is 116 cm³/mol. The van der Waals surface area contributed by atoms with Crippen LogP contribution in [0.3, 0.4) is 0 Å². The number of rotatable bonds is 2. The first-order valence-electron chi connectivity index (χ1n) is 9.49. The molecule has 164 valence electrons. The molecule has 0 aliphatic carbocycles. The minimum Gasteiger partial charge on any atom is -0.338 e. The van der Waals surface area contributed by atoms with Gasteiger partial charge >= 0.3 is 6.18 Å². The highest BCUT2D eigenvalue weighted by atomic mass is 35.5. The van der Waals surface area contributed by atoms with Crippen molar-refractivity contribution in [3.8, 4) is 0 Å². The largest absolute Gasteiger partial charge is 0.416 e. The van der Waals surface area contributed by atoms with E-state index in [1.54, 1.807) is 17.0 Å². The van der Waals surface area contributed by atoms with E-state index in [1.165, 1.54) is 34.9 Å². The van der Waals surface area contributed by atoms with E-state index in [-0.39, 0.29) is 28.3 Å². The fourth-order valence-corrected chi connectivity index (χ4v) is 5.62. The Balaban J connectivity index is 1.54. The van der Waals surface area contributed by atoms with Gasteiger partial charge in [0.2, 0.25) is 5.91 Å². The maximum Gasteiger partial charge on any atom is 0.416 e. The fourth-order valence-electron chi connectivity index (χ4n) is 3.99. The molecule has 31 heavy (non-hydrogen) atoms. The Bertz CT molecular complexity index is 1040. The van der Waals surface area contributed by atoms with E-state index in [2.05, 4.69) is 0 Å². The molecule has 0 radical (unpaired) electrons. The average molecular weight is 489 g/mol. The van der Waals surface area contributed by atoms with Gasteiger partial charge in [-0.25, -0.2) is 0 Å². The molecule has 2 aliphatic heterocycles. The molecule has 2 aromatic rings. The van der Waals surface area contributed by atoms with Crippen molar-refractivity contribution >= 4 is 52.5 Å². The molecular formula is C21H17Cl2F3N2O2S. The van der Waals surface area contributed by atoms with Gasteiger partial charge in [0, 0.05) is 24.3 Å². The van der Waals surface area contributed by atoms with Crippen LogP contribution < -0.4 is 4.90 Å². The lowest BCUT2D eigenvalue weighted by Gasteiger charge is -2.44. The van der Waals surface area contributed by atoms with Crippen LogP contribution >= 0.6 is 35.0 Å². The lowest BCUT2D eigenvalue weighted by atomic mass is 9.99. The second-order valence-corrected chi connectivity index (χ2v) is 9.58. The molecule has 0 atom stereocenters. The van der Waals surface area contributed by atoms with Crippen molar-refractivity contribution in [3.63, 3.8) is 0 Å². The normalized spacial score (nSPS) is 18.7. The first-order chi connectivity index (χ1) is 14.6. The summed E-state index contributed by atoms with van der Waals surface area (Å²) in [4.78, 5) is 28.0. The standard InChI is InChI=1S/C21H17Cl2F3N2O2S/c22-16-5-4-13(10-17(16)23)19(30)27-8-6-20(7-9-27)28(18(29)12-31-20)15-3-1-2-14(11-15)21(24,25)26/h1-5,10-11H,6-9,12H2. The van der Waals surface area contributed by atoms with Gasteiger partial charge in [-0.05, 0) is 49.2 Å². The Morgan fingerprint density at radius 3 is 2.39 bits per heavy atom. The van der Waals surface area contributed by atoms with Gasteiger partial charge in [0.15, 0.2) is 0 Å². The molecule has 1 spiro atoms. The molecule has 0 bridgehead atoms. The molecule has 4 rings (SSSR count). The van der Waals surface area contributed by atoms with Gasteiger partial charge in [0.05, 0.1) is 26.2 Å². The van der Waals surface area contributed by atoms with Gasteiger partial charge in [-0.15, -0.1) is 11.8 Å². The van der Waals surface area contributed by atoms with E-state index in [1.807, 2.05) is 0 Å². The van der Waals surface area contributed by atoms with Crippen LogP contribution in [-0.4, -0.2) is 40.4 Å². The lowest BCUT2D eigenvalue weighted by molar-refractivity contribution is -0.137. The number of likely N-dealkylation sites (tertiary alicyclic amines) is 1. The number of carbonyl (C=O) groups is 2. The van der Waals surface area contributed by atoms with Gasteiger partial charge in [-0.1, -0.05) is 29.3 Å². The van der Waals surface area contributed by atoms with Gasteiger partial charge < -0.3 is 4.90 Å². The Labute approximate surface area is 191 Å². The number of alkyl halides is 3. The van der Waals surface area contributed by atoms with Crippen molar-refractivity contribution in [2.24, 2.45) is 0 Å². The molecule has 0 aromatic heterocycles. The fraction of sp³-hybridized carbons (Fsp3) is 0.333. The van der Waals surface area contributed by atoms with E-state index in [0.29, 0.717) is 36.5 Å². The number of benzene rings is 2. The first-order valence-corrected chi connectivity index (χ1v) is 11.2. The van der Waals surface area contributed by atoms with Gasteiger partial charge in [-0.2, -0.15) is 13.2 Å². The quantitative estimate of drug-likeness (QED) is 0.542. The maximum absolute atomic E-state index is 13.2. The molecule has 2 heterocycles. The van der Waals surface area contributed by atoms with Gasteiger partial charge in [0.25, 0.3) is 5.91 Å². The number of thioether (sulfide) groups is 1. The third-order valence-corrected chi connectivity index (χ3v) is 7.81. The highest BCUT2D eigenvalue weighted by Gasteiger charge is 2.49. The van der Waals surface area contributed by atoms with Crippen LogP contribution in [0.15, 0.2) is 42.5 Å². The number of nitrogens with zero attached hydrogens (tertiary/aromatic N) is 2. The average Bonchev–Trinajstić information content (AvgIpc) is 3.05. The summed E-state index contributed by atoms with van der Waals surface area (Å²) in [6, 6.07) is 9.51. The SMILES string of the molecule is O=C(c1ccc(Cl)c(Cl)c1)N1CCC2(CC1)SCC(=O)N2c1cccc(C(F)(F)F)c1. The molecule has 2 amide bonds. The number of anilines is 1. The van der Waals surface area contributed by atoms with E-state index in [9.17, 15) is 22.8 Å². The molecule has 2 fully saturated rings. The number of piperidine rings is 1. The molecule has 2 aliphatic rings. The summed E-state index contributed by atoms with van der Waals surface area (Å²) in [5.41, 5.74) is -0.151. The first kappa shape index (κ1) is 22.3. The van der Waals surface area contributed by atoms with Crippen molar-refractivity contribution in [1.29, 1.82) is 0 Å². The smallest absolute Gasteiger partial charge is 0.338 e. The Morgan fingerprint density at radius 1 is 1.03 bits per heavy atom. The zero-order valence-electron chi connectivity index (χ0n) is 16.1. The number of hydrogen-bond donors (Lipinski definition) is 0. The van der Waals surface area contributed by atoms with Crippen LogP contribution in [0, 0.1) is 0 Å². The van der Waals surface area contributed by atoms with E-state index in [0.717, 1.165) is 12.1 Å². The van der Waals surface area contributed by atoms with E-state index < -0.39 is 16.6 Å². The zero-order chi connectivity index (χ0) is 22.4. The maximum atomic E-state index is 13.2. The van der Waals surface area contributed by atoms with E-state index in [4.69, 9.17) is 23.2 Å². The molecule has 0 saturated carbocycles. The highest BCUT2D eigenvalue weighted by Crippen LogP contribution is 2.47. The summed E-state index contributed by atoms with van der Waals surface area (Å²) in [6.07, 6.45) is -3.59. The van der Waals surface area contributed by atoms with Crippen LogP contribution in [0.25, 0.3) is 0 Å². The third-order valence-electron chi connectivity index (χ3n) is 5.55. The van der Waals surface area contributed by atoms with Crippen molar-refractivity contribution in [2.75, 3.05) is 23.7 Å². The molecule has 0 unspecified atom stereocenters. The molecular weight excluding hydrogens is 472 g/mol. The van der Waals surface area contributed by atoms with Crippen molar-refractivity contribution in [2.45, 2.75) is 23.9 Å². The number of hydrogen-bond acceptors (Lipinski definition) is 3. The second kappa shape index (κ2) is 8.22. The Hall–Kier alpha value is -1.90. The van der Waals surface area contributed by atoms with Crippen LogP contribution in [-0.2, 0) is 11.0 Å². The van der Waals surface area contributed by atoms with Gasteiger partial charge in [-0.3, -0.25) is 14.5 Å². The highest BCUT2D eigenvalue weighted by molar-refractivity contribution is 8.02. The Kier molecular flexibility index (Phi) is 5.91. The summed E-state index contributed by atoms with van der Waals surface area (Å²) in [7, 11) is 0. The predicted octanol–water partition coefficient (Wildman–Crippen LogP) is 5.72. The molecule has 4 nitrogen and oxygen atoms in total. The zero-order valence-corrected chi connectivity index (χ0v) is 18.4.